The topological polar surface area (TPSA) is 71.5 Å². The molecule has 2 saturated carbocycles. The number of hydrogen-bond donors (Lipinski definition) is 2. The van der Waals surface area contributed by atoms with E-state index in [0.29, 0.717) is 18.7 Å². The van der Waals surface area contributed by atoms with Crippen LogP contribution in [-0.4, -0.2) is 29.2 Å². The second kappa shape index (κ2) is 6.97. The minimum atomic E-state index is -0.409. The van der Waals surface area contributed by atoms with Gasteiger partial charge in [-0.05, 0) is 49.7 Å². The van der Waals surface area contributed by atoms with E-state index in [0.717, 1.165) is 24.0 Å². The number of aliphatic hydroxyl groups is 1. The van der Waals surface area contributed by atoms with E-state index < -0.39 is 5.41 Å². The van der Waals surface area contributed by atoms with Crippen LogP contribution in [0.2, 0.25) is 0 Å². The van der Waals surface area contributed by atoms with Crippen molar-refractivity contribution in [3.05, 3.63) is 59.3 Å². The summed E-state index contributed by atoms with van der Waals surface area (Å²) in [4.78, 5) is 17.5. The smallest absolute Gasteiger partial charge is 0.231 e. The van der Waals surface area contributed by atoms with Gasteiger partial charge in [-0.2, -0.15) is 0 Å². The van der Waals surface area contributed by atoms with Gasteiger partial charge in [-0.1, -0.05) is 35.9 Å². The van der Waals surface area contributed by atoms with Crippen molar-refractivity contribution in [2.75, 3.05) is 7.11 Å². The predicted molar refractivity (Wildman–Crippen MR) is 102 cm³/mol. The van der Waals surface area contributed by atoms with E-state index in [1.165, 1.54) is 5.56 Å². The zero-order valence-corrected chi connectivity index (χ0v) is 15.8. The van der Waals surface area contributed by atoms with Crippen molar-refractivity contribution >= 4 is 5.91 Å². The van der Waals surface area contributed by atoms with Gasteiger partial charge in [0.1, 0.15) is 0 Å². The first kappa shape index (κ1) is 18.0. The summed E-state index contributed by atoms with van der Waals surface area (Å²) in [6, 6.07) is 11.9. The molecule has 0 radical (unpaired) electrons. The van der Waals surface area contributed by atoms with Gasteiger partial charge in [-0.25, -0.2) is 4.98 Å². The molecule has 1 heterocycles. The number of nitrogens with one attached hydrogen (secondary N) is 1. The molecular weight excluding hydrogens is 340 g/mol. The second-order valence-electron chi connectivity index (χ2n) is 7.92. The van der Waals surface area contributed by atoms with Gasteiger partial charge in [0.25, 0.3) is 0 Å². The van der Waals surface area contributed by atoms with Crippen LogP contribution < -0.4 is 10.1 Å². The Bertz CT molecular complexity index is 806. The maximum absolute atomic E-state index is 13.2. The van der Waals surface area contributed by atoms with Crippen LogP contribution in [0.5, 0.6) is 5.88 Å². The molecule has 2 aliphatic carbocycles. The molecule has 0 spiro atoms. The number of pyridine rings is 1. The third kappa shape index (κ3) is 3.44. The lowest BCUT2D eigenvalue weighted by atomic mass is 9.75. The molecule has 2 aromatic rings. The Labute approximate surface area is 159 Å². The number of hydrogen-bond acceptors (Lipinski definition) is 4. The van der Waals surface area contributed by atoms with Gasteiger partial charge < -0.3 is 15.2 Å². The number of carbonyl (C=O) groups is 1. The molecular formula is C22H26N2O3. The summed E-state index contributed by atoms with van der Waals surface area (Å²) in [5.74, 6) is 0.859. The van der Waals surface area contributed by atoms with Gasteiger partial charge in [-0.3, -0.25) is 4.79 Å². The van der Waals surface area contributed by atoms with Crippen LogP contribution in [0.15, 0.2) is 42.6 Å². The highest BCUT2D eigenvalue weighted by molar-refractivity contribution is 5.91. The number of ether oxygens (including phenoxy) is 1. The predicted octanol–water partition coefficient (Wildman–Crippen LogP) is 3.06. The molecule has 142 valence electrons. The van der Waals surface area contributed by atoms with Crippen LogP contribution in [0.25, 0.3) is 0 Å². The molecule has 5 heteroatoms. The molecule has 2 N–H and O–H groups in total. The van der Waals surface area contributed by atoms with E-state index in [1.807, 2.05) is 12.1 Å². The van der Waals surface area contributed by atoms with E-state index in [1.54, 1.807) is 13.3 Å². The first-order valence-electron chi connectivity index (χ1n) is 9.58. The van der Waals surface area contributed by atoms with Crippen molar-refractivity contribution in [1.82, 2.24) is 10.3 Å². The maximum Gasteiger partial charge on any atom is 0.231 e. The Hall–Kier alpha value is -2.40. The second-order valence-corrected chi connectivity index (χ2v) is 7.92. The summed E-state index contributed by atoms with van der Waals surface area (Å²) in [5.41, 5.74) is 2.83. The monoisotopic (exact) mass is 366 g/mol. The highest BCUT2D eigenvalue weighted by atomic mass is 16.5. The maximum atomic E-state index is 13.2. The number of nitrogens with zero attached hydrogens (tertiary/aromatic N) is 1. The fourth-order valence-corrected chi connectivity index (χ4v) is 4.00. The lowest BCUT2D eigenvalue weighted by Gasteiger charge is -2.38. The summed E-state index contributed by atoms with van der Waals surface area (Å²) < 4.78 is 5.14. The molecule has 5 nitrogen and oxygen atoms in total. The number of aryl methyl sites for hydroxylation is 1. The highest BCUT2D eigenvalue weighted by Gasteiger charge is 2.52. The third-order valence-electron chi connectivity index (χ3n) is 6.02. The standard InChI is InChI=1S/C22H26N2O3/c1-14-3-6-17(7-4-14)22(9-10-22)21(26)24-20(16-11-18(25)12-16)15-5-8-19(27-2)23-13-15/h3-8,13,16,18,20,25H,9-12H2,1-2H3,(H,24,26)/t16?,18?,20-/m1/s1. The van der Waals surface area contributed by atoms with Crippen molar-refractivity contribution in [3.63, 3.8) is 0 Å². The number of aromatic nitrogens is 1. The summed E-state index contributed by atoms with van der Waals surface area (Å²) >= 11 is 0. The van der Waals surface area contributed by atoms with Gasteiger partial charge in [0.2, 0.25) is 11.8 Å². The minimum absolute atomic E-state index is 0.0774. The quantitative estimate of drug-likeness (QED) is 0.824. The van der Waals surface area contributed by atoms with Crippen molar-refractivity contribution in [3.8, 4) is 5.88 Å². The van der Waals surface area contributed by atoms with Crippen molar-refractivity contribution in [1.29, 1.82) is 0 Å². The van der Waals surface area contributed by atoms with E-state index in [4.69, 9.17) is 4.74 Å². The first-order chi connectivity index (χ1) is 13.0. The minimum Gasteiger partial charge on any atom is -0.481 e. The summed E-state index contributed by atoms with van der Waals surface area (Å²) in [6.45, 7) is 2.05. The molecule has 2 aliphatic rings. The highest BCUT2D eigenvalue weighted by Crippen LogP contribution is 2.49. The van der Waals surface area contributed by atoms with Gasteiger partial charge in [0, 0.05) is 12.3 Å². The van der Waals surface area contributed by atoms with Crippen LogP contribution in [0.4, 0.5) is 0 Å². The van der Waals surface area contributed by atoms with E-state index in [9.17, 15) is 9.90 Å². The van der Waals surface area contributed by atoms with Gasteiger partial charge in [0.05, 0.1) is 24.7 Å². The zero-order valence-electron chi connectivity index (χ0n) is 15.8. The Morgan fingerprint density at radius 1 is 1.22 bits per heavy atom. The molecule has 0 aliphatic heterocycles. The molecule has 1 aromatic heterocycles. The molecule has 1 aromatic carbocycles. The number of amides is 1. The van der Waals surface area contributed by atoms with E-state index >= 15 is 0 Å². The number of aliphatic hydroxyl groups excluding tert-OH is 1. The number of carbonyl (C=O) groups excluding carboxylic acids is 1. The zero-order chi connectivity index (χ0) is 19.0. The average Bonchev–Trinajstić information content (AvgIpc) is 3.46. The van der Waals surface area contributed by atoms with Gasteiger partial charge in [-0.15, -0.1) is 0 Å². The molecule has 0 saturated heterocycles. The van der Waals surface area contributed by atoms with E-state index in [-0.39, 0.29) is 24.0 Å². The summed E-state index contributed by atoms with van der Waals surface area (Å²) in [7, 11) is 1.59. The Balaban J connectivity index is 1.55. The Morgan fingerprint density at radius 2 is 1.93 bits per heavy atom. The van der Waals surface area contributed by atoms with Crippen LogP contribution in [0, 0.1) is 12.8 Å². The van der Waals surface area contributed by atoms with Crippen molar-refractivity contribution < 1.29 is 14.6 Å². The number of methoxy groups -OCH3 is 1. The Kier molecular flexibility index (Phi) is 4.64. The molecule has 4 rings (SSSR count). The molecule has 27 heavy (non-hydrogen) atoms. The normalized spacial score (nSPS) is 23.8. The summed E-state index contributed by atoms with van der Waals surface area (Å²) in [5, 5.41) is 13.0. The lowest BCUT2D eigenvalue weighted by molar-refractivity contribution is -0.125. The Morgan fingerprint density at radius 3 is 2.44 bits per heavy atom. The average molecular weight is 366 g/mol. The van der Waals surface area contributed by atoms with Crippen LogP contribution in [-0.2, 0) is 10.2 Å². The molecule has 0 bridgehead atoms. The van der Waals surface area contributed by atoms with Crippen LogP contribution in [0.1, 0.15) is 48.4 Å². The van der Waals surface area contributed by atoms with Gasteiger partial charge >= 0.3 is 0 Å². The number of rotatable bonds is 6. The van der Waals surface area contributed by atoms with Crippen LogP contribution >= 0.6 is 0 Å². The number of benzene rings is 1. The van der Waals surface area contributed by atoms with Gasteiger partial charge in [0.15, 0.2) is 0 Å². The molecule has 1 amide bonds. The fourth-order valence-electron chi connectivity index (χ4n) is 4.00. The first-order valence-corrected chi connectivity index (χ1v) is 9.58. The van der Waals surface area contributed by atoms with Crippen molar-refractivity contribution in [2.24, 2.45) is 5.92 Å². The van der Waals surface area contributed by atoms with Crippen LogP contribution in [0.3, 0.4) is 0 Å². The lowest BCUT2D eigenvalue weighted by Crippen LogP contribution is -2.44. The summed E-state index contributed by atoms with van der Waals surface area (Å²) in [6.07, 6.45) is 4.65. The molecule has 2 fully saturated rings. The largest absolute Gasteiger partial charge is 0.481 e. The fraction of sp³-hybridized carbons (Fsp3) is 0.455. The third-order valence-corrected chi connectivity index (χ3v) is 6.02. The SMILES string of the molecule is COc1ccc([C@@H](NC(=O)C2(c3ccc(C)cc3)CC2)C2CC(O)C2)cn1. The molecule has 0 unspecified atom stereocenters. The molecule has 1 atom stereocenters. The van der Waals surface area contributed by atoms with Crippen molar-refractivity contribution in [2.45, 2.75) is 50.2 Å². The van der Waals surface area contributed by atoms with E-state index in [2.05, 4.69) is 41.5 Å².